The number of benzene rings is 1. The van der Waals surface area contributed by atoms with E-state index in [4.69, 9.17) is 4.74 Å². The van der Waals surface area contributed by atoms with Gasteiger partial charge < -0.3 is 4.74 Å². The summed E-state index contributed by atoms with van der Waals surface area (Å²) in [5.74, 6) is 0.887. The highest BCUT2D eigenvalue weighted by Gasteiger charge is 1.99. The van der Waals surface area contributed by atoms with Gasteiger partial charge >= 0.3 is 0 Å². The van der Waals surface area contributed by atoms with Gasteiger partial charge in [-0.2, -0.15) is 5.10 Å². The van der Waals surface area contributed by atoms with E-state index in [1.807, 2.05) is 24.3 Å². The van der Waals surface area contributed by atoms with Crippen LogP contribution in [0.2, 0.25) is 0 Å². The van der Waals surface area contributed by atoms with E-state index in [9.17, 15) is 4.79 Å². The van der Waals surface area contributed by atoms with Crippen molar-refractivity contribution >= 4 is 12.2 Å². The second kappa shape index (κ2) is 5.76. The van der Waals surface area contributed by atoms with Gasteiger partial charge in [-0.15, -0.1) is 10.2 Å². The van der Waals surface area contributed by atoms with E-state index in [0.29, 0.717) is 11.4 Å². The Morgan fingerprint density at radius 3 is 2.89 bits per heavy atom. The van der Waals surface area contributed by atoms with E-state index >= 15 is 0 Å². The molecule has 7 nitrogen and oxygen atoms in total. The van der Waals surface area contributed by atoms with Gasteiger partial charge in [-0.3, -0.25) is 9.78 Å². The summed E-state index contributed by atoms with van der Waals surface area (Å²) in [6.07, 6.45) is 1.57. The first-order chi connectivity index (χ1) is 9.20. The molecule has 0 unspecified atom stereocenters. The number of aryl methyl sites for hydroxylation is 1. The number of ether oxygens (including phenoxy) is 1. The lowest BCUT2D eigenvalue weighted by atomic mass is 10.2. The fourth-order valence-electron chi connectivity index (χ4n) is 1.38. The summed E-state index contributed by atoms with van der Waals surface area (Å²) in [5, 5.41) is 11.4. The minimum Gasteiger partial charge on any atom is -0.496 e. The van der Waals surface area contributed by atoms with Crippen LogP contribution in [0.1, 0.15) is 11.3 Å². The molecule has 0 saturated heterocycles. The largest absolute Gasteiger partial charge is 0.496 e. The van der Waals surface area contributed by atoms with Crippen molar-refractivity contribution in [2.75, 3.05) is 12.5 Å². The number of para-hydroxylation sites is 1. The van der Waals surface area contributed by atoms with E-state index in [2.05, 4.69) is 25.7 Å². The Kier molecular flexibility index (Phi) is 3.87. The maximum absolute atomic E-state index is 11.3. The SMILES string of the molecule is COc1ccccc1/C=N\Nc1nnc(C)c(=O)[nH]1. The van der Waals surface area contributed by atoms with Crippen LogP contribution in [0.3, 0.4) is 0 Å². The molecule has 1 heterocycles. The molecule has 0 bridgehead atoms. The van der Waals surface area contributed by atoms with Gasteiger partial charge in [0.1, 0.15) is 11.4 Å². The molecular formula is C12H13N5O2. The third-order valence-electron chi connectivity index (χ3n) is 2.37. The van der Waals surface area contributed by atoms with E-state index in [-0.39, 0.29) is 11.5 Å². The molecule has 0 aliphatic heterocycles. The number of methoxy groups -OCH3 is 1. The summed E-state index contributed by atoms with van der Waals surface area (Å²) in [4.78, 5) is 13.8. The number of hydrogen-bond donors (Lipinski definition) is 2. The summed E-state index contributed by atoms with van der Waals surface area (Å²) in [6.45, 7) is 1.58. The van der Waals surface area contributed by atoms with Crippen LogP contribution >= 0.6 is 0 Å². The van der Waals surface area contributed by atoms with Crippen LogP contribution in [-0.2, 0) is 0 Å². The Balaban J connectivity index is 2.11. The number of hydrazone groups is 1. The quantitative estimate of drug-likeness (QED) is 0.629. The van der Waals surface area contributed by atoms with E-state index in [0.717, 1.165) is 5.56 Å². The number of anilines is 1. The normalized spacial score (nSPS) is 10.6. The third-order valence-corrected chi connectivity index (χ3v) is 2.37. The van der Waals surface area contributed by atoms with Crippen LogP contribution in [-0.4, -0.2) is 28.5 Å². The predicted octanol–water partition coefficient (Wildman–Crippen LogP) is 0.928. The molecule has 0 aliphatic carbocycles. The molecule has 98 valence electrons. The third kappa shape index (κ3) is 3.15. The average Bonchev–Trinajstić information content (AvgIpc) is 2.43. The summed E-state index contributed by atoms with van der Waals surface area (Å²) in [7, 11) is 1.59. The van der Waals surface area contributed by atoms with Gasteiger partial charge in [-0.25, -0.2) is 5.43 Å². The van der Waals surface area contributed by atoms with Crippen molar-refractivity contribution in [3.63, 3.8) is 0 Å². The average molecular weight is 259 g/mol. The monoisotopic (exact) mass is 259 g/mol. The lowest BCUT2D eigenvalue weighted by Gasteiger charge is -2.03. The smallest absolute Gasteiger partial charge is 0.274 e. The molecule has 2 rings (SSSR count). The number of hydrogen-bond acceptors (Lipinski definition) is 6. The zero-order valence-corrected chi connectivity index (χ0v) is 10.5. The van der Waals surface area contributed by atoms with Crippen molar-refractivity contribution < 1.29 is 4.74 Å². The first-order valence-electron chi connectivity index (χ1n) is 5.56. The number of nitrogens with one attached hydrogen (secondary N) is 2. The number of rotatable bonds is 4. The molecule has 0 saturated carbocycles. The van der Waals surface area contributed by atoms with Crippen LogP contribution in [0, 0.1) is 6.92 Å². The van der Waals surface area contributed by atoms with Crippen LogP contribution in [0.4, 0.5) is 5.95 Å². The Labute approximate surface area is 109 Å². The summed E-state index contributed by atoms with van der Waals surface area (Å²) >= 11 is 0. The molecular weight excluding hydrogens is 246 g/mol. The Morgan fingerprint density at radius 1 is 1.37 bits per heavy atom. The van der Waals surface area contributed by atoms with Crippen LogP contribution in [0.15, 0.2) is 34.2 Å². The number of H-pyrrole nitrogens is 1. The predicted molar refractivity (Wildman–Crippen MR) is 71.6 cm³/mol. The Bertz CT molecular complexity index is 651. The number of aromatic amines is 1. The Morgan fingerprint density at radius 2 is 2.16 bits per heavy atom. The second-order valence-electron chi connectivity index (χ2n) is 3.70. The van der Waals surface area contributed by atoms with Gasteiger partial charge in [0.2, 0.25) is 5.95 Å². The van der Waals surface area contributed by atoms with Gasteiger partial charge in [-0.05, 0) is 19.1 Å². The zero-order valence-electron chi connectivity index (χ0n) is 10.5. The molecule has 1 aromatic carbocycles. The Hall–Kier alpha value is -2.70. The van der Waals surface area contributed by atoms with Gasteiger partial charge in [0, 0.05) is 5.56 Å². The number of aromatic nitrogens is 3. The van der Waals surface area contributed by atoms with Gasteiger partial charge in [0.05, 0.1) is 13.3 Å². The molecule has 0 aliphatic rings. The van der Waals surface area contributed by atoms with E-state index < -0.39 is 0 Å². The molecule has 0 spiro atoms. The van der Waals surface area contributed by atoms with E-state index in [1.165, 1.54) is 0 Å². The number of nitrogens with zero attached hydrogens (tertiary/aromatic N) is 3. The van der Waals surface area contributed by atoms with Crippen molar-refractivity contribution in [3.05, 3.63) is 45.9 Å². The fourth-order valence-corrected chi connectivity index (χ4v) is 1.38. The molecule has 2 N–H and O–H groups in total. The minimum atomic E-state index is -0.301. The topological polar surface area (TPSA) is 92.3 Å². The van der Waals surface area contributed by atoms with Crippen molar-refractivity contribution in [1.82, 2.24) is 15.2 Å². The summed E-state index contributed by atoms with van der Waals surface area (Å²) in [5.41, 5.74) is 3.41. The maximum atomic E-state index is 11.3. The molecule has 7 heteroatoms. The van der Waals surface area contributed by atoms with Gasteiger partial charge in [0.25, 0.3) is 5.56 Å². The lowest BCUT2D eigenvalue weighted by Crippen LogP contribution is -2.15. The van der Waals surface area contributed by atoms with Crippen LogP contribution < -0.4 is 15.7 Å². The second-order valence-corrected chi connectivity index (χ2v) is 3.70. The van der Waals surface area contributed by atoms with E-state index in [1.54, 1.807) is 20.2 Å². The summed E-state index contributed by atoms with van der Waals surface area (Å²) < 4.78 is 5.18. The maximum Gasteiger partial charge on any atom is 0.274 e. The standard InChI is InChI=1S/C12H13N5O2/c1-8-11(18)14-12(17-15-8)16-13-7-9-5-3-4-6-10(9)19-2/h3-7H,1-2H3,(H2,14,16,17,18)/b13-7-. The van der Waals surface area contributed by atoms with Crippen LogP contribution in [0.5, 0.6) is 5.75 Å². The highest BCUT2D eigenvalue weighted by atomic mass is 16.5. The molecule has 0 fully saturated rings. The molecule has 19 heavy (non-hydrogen) atoms. The highest BCUT2D eigenvalue weighted by Crippen LogP contribution is 2.14. The minimum absolute atomic E-state index is 0.182. The fraction of sp³-hybridized carbons (Fsp3) is 0.167. The molecule has 1 aromatic heterocycles. The molecule has 2 aromatic rings. The molecule has 0 atom stereocenters. The first-order valence-corrected chi connectivity index (χ1v) is 5.56. The zero-order chi connectivity index (χ0) is 13.7. The lowest BCUT2D eigenvalue weighted by molar-refractivity contribution is 0.414. The summed E-state index contributed by atoms with van der Waals surface area (Å²) in [6, 6.07) is 7.42. The highest BCUT2D eigenvalue weighted by molar-refractivity contribution is 5.83. The van der Waals surface area contributed by atoms with Gasteiger partial charge in [0.15, 0.2) is 0 Å². The van der Waals surface area contributed by atoms with Crippen molar-refractivity contribution in [3.8, 4) is 5.75 Å². The van der Waals surface area contributed by atoms with Crippen molar-refractivity contribution in [2.24, 2.45) is 5.10 Å². The van der Waals surface area contributed by atoms with Crippen molar-refractivity contribution in [2.45, 2.75) is 6.92 Å². The molecule has 0 radical (unpaired) electrons. The van der Waals surface area contributed by atoms with Crippen molar-refractivity contribution in [1.29, 1.82) is 0 Å². The first kappa shape index (κ1) is 12.7. The van der Waals surface area contributed by atoms with Crippen LogP contribution in [0.25, 0.3) is 0 Å². The van der Waals surface area contributed by atoms with Gasteiger partial charge in [-0.1, -0.05) is 12.1 Å². The molecule has 0 amide bonds.